The monoisotopic (exact) mass is 260 g/mol. The van der Waals surface area contributed by atoms with Crippen molar-refractivity contribution in [3.05, 3.63) is 34.9 Å². The molecule has 0 bridgehead atoms. The second-order valence-electron chi connectivity index (χ2n) is 6.15. The van der Waals surface area contributed by atoms with Gasteiger partial charge in [0.2, 0.25) is 0 Å². The Morgan fingerprint density at radius 2 is 2.05 bits per heavy atom. The van der Waals surface area contributed by atoms with Gasteiger partial charge >= 0.3 is 0 Å². The molecule has 1 saturated heterocycles. The first-order chi connectivity index (χ1) is 9.04. The van der Waals surface area contributed by atoms with E-state index in [1.807, 2.05) is 0 Å². The number of likely N-dealkylation sites (tertiary alicyclic amines) is 1. The zero-order valence-corrected chi connectivity index (χ0v) is 12.8. The number of hydrogen-bond acceptors (Lipinski definition) is 2. The highest BCUT2D eigenvalue weighted by atomic mass is 15.2. The van der Waals surface area contributed by atoms with E-state index >= 15 is 0 Å². The summed E-state index contributed by atoms with van der Waals surface area (Å²) in [6.07, 6.45) is 3.86. The normalized spacial score (nSPS) is 26.4. The van der Waals surface area contributed by atoms with Crippen LogP contribution in [-0.2, 0) is 0 Å². The molecule has 1 aliphatic heterocycles. The molecule has 0 amide bonds. The maximum absolute atomic E-state index is 5.99. The molecule has 0 aliphatic carbocycles. The molecule has 0 radical (unpaired) electrons. The lowest BCUT2D eigenvalue weighted by Crippen LogP contribution is -2.49. The summed E-state index contributed by atoms with van der Waals surface area (Å²) in [5.41, 5.74) is 10.2. The summed E-state index contributed by atoms with van der Waals surface area (Å²) in [6.45, 7) is 9.85. The summed E-state index contributed by atoms with van der Waals surface area (Å²) >= 11 is 0. The fourth-order valence-electron chi connectivity index (χ4n) is 3.70. The molecule has 1 fully saturated rings. The van der Waals surface area contributed by atoms with Gasteiger partial charge in [0.1, 0.15) is 0 Å². The summed E-state index contributed by atoms with van der Waals surface area (Å²) < 4.78 is 0. The molecule has 1 aromatic rings. The van der Waals surface area contributed by atoms with Crippen LogP contribution in [0.15, 0.2) is 18.2 Å². The number of aryl methyl sites for hydroxylation is 2. The third-order valence-electron chi connectivity index (χ3n) is 4.68. The molecular weight excluding hydrogens is 232 g/mol. The van der Waals surface area contributed by atoms with E-state index in [9.17, 15) is 0 Å². The van der Waals surface area contributed by atoms with Gasteiger partial charge in [0.05, 0.1) is 0 Å². The molecule has 0 spiro atoms. The average molecular weight is 260 g/mol. The van der Waals surface area contributed by atoms with Crippen molar-refractivity contribution in [2.75, 3.05) is 6.54 Å². The van der Waals surface area contributed by atoms with E-state index in [4.69, 9.17) is 5.73 Å². The van der Waals surface area contributed by atoms with Gasteiger partial charge in [-0.25, -0.2) is 0 Å². The molecule has 0 aromatic heterocycles. The molecule has 2 N–H and O–H groups in total. The van der Waals surface area contributed by atoms with Crippen LogP contribution < -0.4 is 5.73 Å². The maximum Gasteiger partial charge on any atom is 0.0328 e. The Morgan fingerprint density at radius 1 is 1.32 bits per heavy atom. The highest BCUT2D eigenvalue weighted by Crippen LogP contribution is 2.33. The lowest BCUT2D eigenvalue weighted by Gasteiger charge is -2.44. The molecule has 1 aromatic carbocycles. The van der Waals surface area contributed by atoms with E-state index in [1.165, 1.54) is 36.0 Å². The lowest BCUT2D eigenvalue weighted by molar-refractivity contribution is 0.0568. The molecule has 2 rings (SSSR count). The predicted octanol–water partition coefficient (Wildman–Crippen LogP) is 3.57. The Labute approximate surface area is 118 Å². The van der Waals surface area contributed by atoms with Gasteiger partial charge in [-0.3, -0.25) is 4.90 Å². The van der Waals surface area contributed by atoms with Crippen LogP contribution in [0.5, 0.6) is 0 Å². The summed E-state index contributed by atoms with van der Waals surface area (Å²) in [4.78, 5) is 2.64. The van der Waals surface area contributed by atoms with Crippen LogP contribution >= 0.6 is 0 Å². The number of piperidine rings is 1. The molecule has 3 unspecified atom stereocenters. The molecular formula is C17H28N2. The maximum atomic E-state index is 5.99. The van der Waals surface area contributed by atoms with Crippen LogP contribution in [0.1, 0.15) is 55.8 Å². The minimum absolute atomic E-state index is 0.462. The predicted molar refractivity (Wildman–Crippen MR) is 82.3 cm³/mol. The second kappa shape index (κ2) is 6.06. The summed E-state index contributed by atoms with van der Waals surface area (Å²) in [5.74, 6) is 0. The molecule has 1 heterocycles. The molecule has 2 nitrogen and oxygen atoms in total. The highest BCUT2D eigenvalue weighted by molar-refractivity contribution is 5.32. The van der Waals surface area contributed by atoms with Crippen LogP contribution in [0.25, 0.3) is 0 Å². The van der Waals surface area contributed by atoms with Crippen molar-refractivity contribution in [3.63, 3.8) is 0 Å². The summed E-state index contributed by atoms with van der Waals surface area (Å²) in [6, 6.07) is 8.45. The molecule has 3 atom stereocenters. The number of nitrogens with two attached hydrogens (primary N) is 1. The van der Waals surface area contributed by atoms with Gasteiger partial charge in [-0.2, -0.15) is 0 Å². The van der Waals surface area contributed by atoms with Gasteiger partial charge in [0.25, 0.3) is 0 Å². The first kappa shape index (κ1) is 14.5. The van der Waals surface area contributed by atoms with Crippen LogP contribution in [0.2, 0.25) is 0 Å². The second-order valence-corrected chi connectivity index (χ2v) is 6.15. The minimum Gasteiger partial charge on any atom is -0.329 e. The Hall–Kier alpha value is -0.860. The average Bonchev–Trinajstić information content (AvgIpc) is 2.37. The van der Waals surface area contributed by atoms with Crippen LogP contribution in [0, 0.1) is 13.8 Å². The minimum atomic E-state index is 0.462. The molecule has 0 saturated carbocycles. The SMILES string of the molecule is Cc1ccc(C(C)N2C(C)CCCC2CN)c(C)c1. The Balaban J connectivity index is 2.27. The van der Waals surface area contributed by atoms with Crippen LogP contribution in [-0.4, -0.2) is 23.5 Å². The number of rotatable bonds is 3. The molecule has 106 valence electrons. The van der Waals surface area contributed by atoms with Crippen molar-refractivity contribution in [1.82, 2.24) is 4.90 Å². The molecule has 2 heteroatoms. The van der Waals surface area contributed by atoms with E-state index in [0.717, 1.165) is 6.54 Å². The fourth-order valence-corrected chi connectivity index (χ4v) is 3.70. The van der Waals surface area contributed by atoms with Gasteiger partial charge in [0, 0.05) is 24.7 Å². The van der Waals surface area contributed by atoms with E-state index in [2.05, 4.69) is 50.8 Å². The van der Waals surface area contributed by atoms with Gasteiger partial charge in [-0.1, -0.05) is 30.2 Å². The quantitative estimate of drug-likeness (QED) is 0.900. The fraction of sp³-hybridized carbons (Fsp3) is 0.647. The zero-order valence-electron chi connectivity index (χ0n) is 12.8. The van der Waals surface area contributed by atoms with Crippen LogP contribution in [0.3, 0.4) is 0 Å². The largest absolute Gasteiger partial charge is 0.329 e. The standard InChI is InChI=1S/C17H28N2/c1-12-8-9-17(13(2)10-12)15(4)19-14(3)6-5-7-16(19)11-18/h8-10,14-16H,5-7,11,18H2,1-4H3. The van der Waals surface area contributed by atoms with E-state index in [1.54, 1.807) is 0 Å². The first-order valence-electron chi connectivity index (χ1n) is 7.59. The Kier molecular flexibility index (Phi) is 4.64. The molecule has 19 heavy (non-hydrogen) atoms. The molecule has 1 aliphatic rings. The van der Waals surface area contributed by atoms with Gasteiger partial charge in [0.15, 0.2) is 0 Å². The lowest BCUT2D eigenvalue weighted by atomic mass is 9.91. The smallest absolute Gasteiger partial charge is 0.0328 e. The van der Waals surface area contributed by atoms with Crippen molar-refractivity contribution in [1.29, 1.82) is 0 Å². The third-order valence-corrected chi connectivity index (χ3v) is 4.68. The summed E-state index contributed by atoms with van der Waals surface area (Å²) in [5, 5.41) is 0. The summed E-state index contributed by atoms with van der Waals surface area (Å²) in [7, 11) is 0. The van der Waals surface area contributed by atoms with Gasteiger partial charge in [-0.15, -0.1) is 0 Å². The topological polar surface area (TPSA) is 29.3 Å². The highest BCUT2D eigenvalue weighted by Gasteiger charge is 2.31. The van der Waals surface area contributed by atoms with Crippen molar-refractivity contribution >= 4 is 0 Å². The van der Waals surface area contributed by atoms with Crippen molar-refractivity contribution in [2.24, 2.45) is 5.73 Å². The first-order valence-corrected chi connectivity index (χ1v) is 7.59. The van der Waals surface area contributed by atoms with Crippen molar-refractivity contribution in [3.8, 4) is 0 Å². The van der Waals surface area contributed by atoms with Crippen LogP contribution in [0.4, 0.5) is 0 Å². The van der Waals surface area contributed by atoms with Gasteiger partial charge < -0.3 is 5.73 Å². The van der Waals surface area contributed by atoms with E-state index in [0.29, 0.717) is 18.1 Å². The van der Waals surface area contributed by atoms with Crippen molar-refractivity contribution in [2.45, 2.75) is 65.1 Å². The Morgan fingerprint density at radius 3 is 2.68 bits per heavy atom. The van der Waals surface area contributed by atoms with E-state index < -0.39 is 0 Å². The van der Waals surface area contributed by atoms with E-state index in [-0.39, 0.29) is 0 Å². The zero-order chi connectivity index (χ0) is 14.0. The van der Waals surface area contributed by atoms with Gasteiger partial charge in [-0.05, 0) is 51.7 Å². The number of benzene rings is 1. The number of hydrogen-bond donors (Lipinski definition) is 1. The third kappa shape index (κ3) is 3.01. The Bertz CT molecular complexity index is 427. The van der Waals surface area contributed by atoms with Crippen molar-refractivity contribution < 1.29 is 0 Å². The number of nitrogens with zero attached hydrogens (tertiary/aromatic N) is 1.